The molecule has 130 valence electrons. The van der Waals surface area contributed by atoms with Crippen LogP contribution in [0.4, 0.5) is 5.82 Å². The summed E-state index contributed by atoms with van der Waals surface area (Å²) in [5, 5.41) is 16.7. The highest BCUT2D eigenvalue weighted by Crippen LogP contribution is 2.30. The quantitative estimate of drug-likeness (QED) is 0.785. The van der Waals surface area contributed by atoms with Crippen LogP contribution in [0.2, 0.25) is 0 Å². The first-order chi connectivity index (χ1) is 12.8. The molecular formula is C21H21N5. The van der Waals surface area contributed by atoms with Gasteiger partial charge in [0.25, 0.3) is 0 Å². The SMILES string of the molecule is N#Cc1cccc(N2CCCC(c3[nH]ncc3Cc3ccccc3)C2)n1. The van der Waals surface area contributed by atoms with Gasteiger partial charge in [0.1, 0.15) is 17.6 Å². The van der Waals surface area contributed by atoms with Gasteiger partial charge in [-0.3, -0.25) is 5.10 Å². The second kappa shape index (κ2) is 7.40. The lowest BCUT2D eigenvalue weighted by Crippen LogP contribution is -2.35. The van der Waals surface area contributed by atoms with Crippen LogP contribution in [0.1, 0.15) is 41.3 Å². The summed E-state index contributed by atoms with van der Waals surface area (Å²) in [6.45, 7) is 1.87. The van der Waals surface area contributed by atoms with Gasteiger partial charge in [-0.05, 0) is 36.1 Å². The number of nitrogens with zero attached hydrogens (tertiary/aromatic N) is 4. The predicted octanol–water partition coefficient (Wildman–Crippen LogP) is 3.65. The molecular weight excluding hydrogens is 322 g/mol. The zero-order chi connectivity index (χ0) is 17.8. The van der Waals surface area contributed by atoms with Crippen LogP contribution < -0.4 is 4.90 Å². The van der Waals surface area contributed by atoms with E-state index < -0.39 is 0 Å². The zero-order valence-corrected chi connectivity index (χ0v) is 14.6. The number of hydrogen-bond donors (Lipinski definition) is 1. The minimum Gasteiger partial charge on any atom is -0.356 e. The molecule has 0 aliphatic carbocycles. The number of pyridine rings is 1. The van der Waals surface area contributed by atoms with Crippen molar-refractivity contribution < 1.29 is 0 Å². The first-order valence-corrected chi connectivity index (χ1v) is 9.01. The van der Waals surface area contributed by atoms with Gasteiger partial charge in [0, 0.05) is 31.1 Å². The van der Waals surface area contributed by atoms with Gasteiger partial charge in [0.15, 0.2) is 0 Å². The summed E-state index contributed by atoms with van der Waals surface area (Å²) in [6, 6.07) is 18.3. The standard InChI is InChI=1S/C21H21N5/c22-13-19-9-4-10-20(24-19)26-11-5-8-17(15-26)21-18(14-23-25-21)12-16-6-2-1-3-7-16/h1-4,6-7,9-10,14,17H,5,8,11-12,15H2,(H,23,25). The summed E-state index contributed by atoms with van der Waals surface area (Å²) in [7, 11) is 0. The van der Waals surface area contributed by atoms with Crippen LogP contribution in [0.3, 0.4) is 0 Å². The third-order valence-corrected chi connectivity index (χ3v) is 4.99. The molecule has 5 heteroatoms. The number of benzene rings is 1. The average Bonchev–Trinajstić information content (AvgIpc) is 3.17. The average molecular weight is 343 g/mol. The Balaban J connectivity index is 1.53. The molecule has 5 nitrogen and oxygen atoms in total. The summed E-state index contributed by atoms with van der Waals surface area (Å²) < 4.78 is 0. The fourth-order valence-electron chi connectivity index (χ4n) is 3.71. The number of rotatable bonds is 4. The molecule has 1 unspecified atom stereocenters. The largest absolute Gasteiger partial charge is 0.356 e. The molecule has 0 bridgehead atoms. The number of hydrogen-bond acceptors (Lipinski definition) is 4. The van der Waals surface area contributed by atoms with E-state index in [1.807, 2.05) is 24.4 Å². The van der Waals surface area contributed by atoms with Crippen molar-refractivity contribution in [1.82, 2.24) is 15.2 Å². The van der Waals surface area contributed by atoms with Crippen molar-refractivity contribution in [3.8, 4) is 6.07 Å². The lowest BCUT2D eigenvalue weighted by Gasteiger charge is -2.33. The second-order valence-electron chi connectivity index (χ2n) is 6.75. The third-order valence-electron chi connectivity index (χ3n) is 4.99. The molecule has 1 saturated heterocycles. The van der Waals surface area contributed by atoms with Gasteiger partial charge in [-0.15, -0.1) is 0 Å². The van der Waals surface area contributed by atoms with Gasteiger partial charge in [0.2, 0.25) is 0 Å². The highest BCUT2D eigenvalue weighted by molar-refractivity contribution is 5.43. The number of nitrogens with one attached hydrogen (secondary N) is 1. The van der Waals surface area contributed by atoms with Crippen molar-refractivity contribution in [2.45, 2.75) is 25.2 Å². The highest BCUT2D eigenvalue weighted by Gasteiger charge is 2.25. The van der Waals surface area contributed by atoms with Gasteiger partial charge in [-0.25, -0.2) is 4.98 Å². The molecule has 3 aromatic rings. The maximum Gasteiger partial charge on any atom is 0.142 e. The number of piperidine rings is 1. The zero-order valence-electron chi connectivity index (χ0n) is 14.6. The maximum absolute atomic E-state index is 9.09. The van der Waals surface area contributed by atoms with E-state index in [2.05, 4.69) is 50.4 Å². The van der Waals surface area contributed by atoms with E-state index in [0.29, 0.717) is 11.6 Å². The highest BCUT2D eigenvalue weighted by atomic mass is 15.2. The fourth-order valence-corrected chi connectivity index (χ4v) is 3.71. The summed E-state index contributed by atoms with van der Waals surface area (Å²) in [5.74, 6) is 1.29. The lowest BCUT2D eigenvalue weighted by molar-refractivity contribution is 0.496. The summed E-state index contributed by atoms with van der Waals surface area (Å²) in [4.78, 5) is 6.74. The van der Waals surface area contributed by atoms with Crippen LogP contribution in [0.25, 0.3) is 0 Å². The predicted molar refractivity (Wildman–Crippen MR) is 101 cm³/mol. The molecule has 0 amide bonds. The van der Waals surface area contributed by atoms with Crippen LogP contribution in [0.5, 0.6) is 0 Å². The molecule has 0 spiro atoms. The van der Waals surface area contributed by atoms with E-state index in [-0.39, 0.29) is 0 Å². The minimum absolute atomic E-state index is 0.400. The van der Waals surface area contributed by atoms with Crippen LogP contribution in [-0.2, 0) is 6.42 Å². The van der Waals surface area contributed by atoms with Gasteiger partial charge in [0.05, 0.1) is 6.20 Å². The normalized spacial score (nSPS) is 17.0. The molecule has 1 N–H and O–H groups in total. The molecule has 3 heterocycles. The van der Waals surface area contributed by atoms with Gasteiger partial charge < -0.3 is 4.90 Å². The first-order valence-electron chi connectivity index (χ1n) is 9.01. The second-order valence-corrected chi connectivity index (χ2v) is 6.75. The van der Waals surface area contributed by atoms with Gasteiger partial charge in [-0.2, -0.15) is 10.4 Å². The molecule has 1 aromatic carbocycles. The number of aromatic nitrogens is 3. The molecule has 0 radical (unpaired) electrons. The van der Waals surface area contributed by atoms with Crippen molar-refractivity contribution in [1.29, 1.82) is 5.26 Å². The van der Waals surface area contributed by atoms with E-state index in [9.17, 15) is 0 Å². The Morgan fingerprint density at radius 1 is 1.15 bits per heavy atom. The first kappa shape index (κ1) is 16.3. The molecule has 4 rings (SSSR count). The Morgan fingerprint density at radius 3 is 2.88 bits per heavy atom. The van der Waals surface area contributed by atoms with Crippen LogP contribution in [-0.4, -0.2) is 28.3 Å². The molecule has 1 aliphatic heterocycles. The molecule has 1 aliphatic rings. The van der Waals surface area contributed by atoms with Crippen molar-refractivity contribution >= 4 is 5.82 Å². The van der Waals surface area contributed by atoms with Crippen LogP contribution in [0.15, 0.2) is 54.7 Å². The topological polar surface area (TPSA) is 68.6 Å². The number of aromatic amines is 1. The third kappa shape index (κ3) is 3.45. The van der Waals surface area contributed by atoms with Gasteiger partial charge >= 0.3 is 0 Å². The Bertz CT molecular complexity index is 909. The smallest absolute Gasteiger partial charge is 0.142 e. The molecule has 1 fully saturated rings. The van der Waals surface area contributed by atoms with Crippen LogP contribution in [0, 0.1) is 11.3 Å². The molecule has 1 atom stereocenters. The van der Waals surface area contributed by atoms with Crippen LogP contribution >= 0.6 is 0 Å². The van der Waals surface area contributed by atoms with E-state index in [1.165, 1.54) is 16.8 Å². The van der Waals surface area contributed by atoms with E-state index in [0.717, 1.165) is 38.2 Å². The minimum atomic E-state index is 0.400. The molecule has 2 aromatic heterocycles. The van der Waals surface area contributed by atoms with Crippen molar-refractivity contribution in [3.05, 3.63) is 77.2 Å². The Morgan fingerprint density at radius 2 is 2.04 bits per heavy atom. The summed E-state index contributed by atoms with van der Waals surface area (Å²) in [6.07, 6.45) is 5.09. The molecule has 0 saturated carbocycles. The summed E-state index contributed by atoms with van der Waals surface area (Å²) in [5.41, 5.74) is 4.26. The van der Waals surface area contributed by atoms with Crippen molar-refractivity contribution in [2.24, 2.45) is 0 Å². The van der Waals surface area contributed by atoms with Crippen molar-refractivity contribution in [3.63, 3.8) is 0 Å². The Labute approximate surface area is 153 Å². The van der Waals surface area contributed by atoms with Crippen molar-refractivity contribution in [2.75, 3.05) is 18.0 Å². The number of nitriles is 1. The monoisotopic (exact) mass is 343 g/mol. The van der Waals surface area contributed by atoms with E-state index in [1.54, 1.807) is 6.07 Å². The maximum atomic E-state index is 9.09. The Hall–Kier alpha value is -3.13. The number of anilines is 1. The summed E-state index contributed by atoms with van der Waals surface area (Å²) >= 11 is 0. The van der Waals surface area contributed by atoms with Gasteiger partial charge in [-0.1, -0.05) is 36.4 Å². The molecule has 26 heavy (non-hydrogen) atoms. The van der Waals surface area contributed by atoms with E-state index >= 15 is 0 Å². The Kier molecular flexibility index (Phi) is 4.65. The fraction of sp³-hybridized carbons (Fsp3) is 0.286. The lowest BCUT2D eigenvalue weighted by atomic mass is 9.91. The number of H-pyrrole nitrogens is 1. The van der Waals surface area contributed by atoms with E-state index in [4.69, 9.17) is 5.26 Å².